The summed E-state index contributed by atoms with van der Waals surface area (Å²) in [7, 11) is 1.62. The number of ether oxygens (including phenoxy) is 1. The van der Waals surface area contributed by atoms with Crippen molar-refractivity contribution in [3.05, 3.63) is 36.1 Å². The standard InChI is InChI=1S/C10H14O2/c1-3-6-10(11)7-4-9(12-2)5-8-10/h3-7,11H,8H2,1-2H3. The van der Waals surface area contributed by atoms with Crippen LogP contribution in [0.3, 0.4) is 0 Å². The maximum atomic E-state index is 9.81. The summed E-state index contributed by atoms with van der Waals surface area (Å²) in [5.74, 6) is 0.809. The molecule has 66 valence electrons. The number of rotatable bonds is 2. The van der Waals surface area contributed by atoms with Gasteiger partial charge in [-0.25, -0.2) is 0 Å². The molecule has 1 atom stereocenters. The van der Waals surface area contributed by atoms with Crippen LogP contribution in [0.1, 0.15) is 13.3 Å². The SMILES string of the molecule is CC=CC1(O)C=CC(OC)=CC1. The zero-order chi connectivity index (χ0) is 9.03. The molecule has 0 radical (unpaired) electrons. The van der Waals surface area contributed by atoms with E-state index in [0.29, 0.717) is 6.42 Å². The van der Waals surface area contributed by atoms with Gasteiger partial charge in [-0.05, 0) is 25.2 Å². The van der Waals surface area contributed by atoms with Crippen LogP contribution >= 0.6 is 0 Å². The first-order valence-corrected chi connectivity index (χ1v) is 4.00. The smallest absolute Gasteiger partial charge is 0.114 e. The Hall–Kier alpha value is -1.02. The minimum Gasteiger partial charge on any atom is -0.497 e. The van der Waals surface area contributed by atoms with Crippen molar-refractivity contribution in [2.75, 3.05) is 7.11 Å². The number of methoxy groups -OCH3 is 1. The van der Waals surface area contributed by atoms with Gasteiger partial charge in [-0.15, -0.1) is 0 Å². The largest absolute Gasteiger partial charge is 0.497 e. The Balaban J connectivity index is 2.69. The number of hydrogen-bond donors (Lipinski definition) is 1. The highest BCUT2D eigenvalue weighted by Gasteiger charge is 2.20. The highest BCUT2D eigenvalue weighted by Crippen LogP contribution is 2.22. The second-order valence-corrected chi connectivity index (χ2v) is 2.84. The van der Waals surface area contributed by atoms with E-state index in [1.807, 2.05) is 19.1 Å². The van der Waals surface area contributed by atoms with Gasteiger partial charge in [-0.1, -0.05) is 12.2 Å². The molecule has 0 bridgehead atoms. The second kappa shape index (κ2) is 3.59. The van der Waals surface area contributed by atoms with Crippen molar-refractivity contribution in [2.45, 2.75) is 18.9 Å². The lowest BCUT2D eigenvalue weighted by Crippen LogP contribution is -2.23. The topological polar surface area (TPSA) is 29.5 Å². The predicted molar refractivity (Wildman–Crippen MR) is 48.6 cm³/mol. The van der Waals surface area contributed by atoms with Gasteiger partial charge in [-0.2, -0.15) is 0 Å². The van der Waals surface area contributed by atoms with Crippen molar-refractivity contribution in [3.8, 4) is 0 Å². The molecule has 0 aromatic carbocycles. The zero-order valence-corrected chi connectivity index (χ0v) is 7.45. The molecule has 0 spiro atoms. The molecule has 1 N–H and O–H groups in total. The molecular weight excluding hydrogens is 152 g/mol. The molecule has 1 aliphatic rings. The zero-order valence-electron chi connectivity index (χ0n) is 7.45. The van der Waals surface area contributed by atoms with Gasteiger partial charge in [0.2, 0.25) is 0 Å². The van der Waals surface area contributed by atoms with E-state index >= 15 is 0 Å². The molecule has 0 aromatic heterocycles. The van der Waals surface area contributed by atoms with Gasteiger partial charge in [0.25, 0.3) is 0 Å². The van der Waals surface area contributed by atoms with Crippen molar-refractivity contribution >= 4 is 0 Å². The van der Waals surface area contributed by atoms with Crippen LogP contribution in [0.2, 0.25) is 0 Å². The molecule has 12 heavy (non-hydrogen) atoms. The summed E-state index contributed by atoms with van der Waals surface area (Å²) < 4.78 is 5.00. The van der Waals surface area contributed by atoms with E-state index in [9.17, 15) is 5.11 Å². The monoisotopic (exact) mass is 166 g/mol. The Kier molecular flexibility index (Phi) is 2.71. The van der Waals surface area contributed by atoms with Gasteiger partial charge in [0.1, 0.15) is 11.4 Å². The van der Waals surface area contributed by atoms with Crippen molar-refractivity contribution in [3.63, 3.8) is 0 Å². The summed E-state index contributed by atoms with van der Waals surface area (Å²) in [5, 5.41) is 9.81. The van der Waals surface area contributed by atoms with E-state index in [-0.39, 0.29) is 0 Å². The van der Waals surface area contributed by atoms with Crippen LogP contribution in [0.15, 0.2) is 36.1 Å². The molecule has 0 aromatic rings. The fourth-order valence-corrected chi connectivity index (χ4v) is 1.19. The van der Waals surface area contributed by atoms with Crippen LogP contribution in [0.5, 0.6) is 0 Å². The predicted octanol–water partition coefficient (Wildman–Crippen LogP) is 1.78. The van der Waals surface area contributed by atoms with Gasteiger partial charge >= 0.3 is 0 Å². The maximum Gasteiger partial charge on any atom is 0.114 e. The van der Waals surface area contributed by atoms with Gasteiger partial charge in [-0.3, -0.25) is 0 Å². The molecule has 1 aliphatic carbocycles. The average Bonchev–Trinajstić information content (AvgIpc) is 2.06. The Morgan fingerprint density at radius 1 is 1.67 bits per heavy atom. The van der Waals surface area contributed by atoms with Crippen LogP contribution in [-0.2, 0) is 4.74 Å². The van der Waals surface area contributed by atoms with Gasteiger partial charge < -0.3 is 9.84 Å². The summed E-state index contributed by atoms with van der Waals surface area (Å²) in [4.78, 5) is 0. The van der Waals surface area contributed by atoms with Crippen LogP contribution in [0.4, 0.5) is 0 Å². The molecule has 0 aliphatic heterocycles. The van der Waals surface area contributed by atoms with Crippen LogP contribution < -0.4 is 0 Å². The molecule has 2 heteroatoms. The normalized spacial score (nSPS) is 29.1. The van der Waals surface area contributed by atoms with Crippen LogP contribution in [0, 0.1) is 0 Å². The fraction of sp³-hybridized carbons (Fsp3) is 0.400. The minimum absolute atomic E-state index is 0.580. The van der Waals surface area contributed by atoms with E-state index in [1.54, 1.807) is 25.3 Å². The third kappa shape index (κ3) is 1.98. The quantitative estimate of drug-likeness (QED) is 0.634. The van der Waals surface area contributed by atoms with E-state index in [2.05, 4.69) is 0 Å². The van der Waals surface area contributed by atoms with Gasteiger partial charge in [0.05, 0.1) is 7.11 Å². The summed E-state index contributed by atoms with van der Waals surface area (Å²) in [5.41, 5.74) is -0.809. The molecule has 0 saturated carbocycles. The van der Waals surface area contributed by atoms with E-state index in [0.717, 1.165) is 5.76 Å². The summed E-state index contributed by atoms with van der Waals surface area (Å²) in [6, 6.07) is 0. The van der Waals surface area contributed by atoms with Gasteiger partial charge in [0.15, 0.2) is 0 Å². The highest BCUT2D eigenvalue weighted by atomic mass is 16.5. The van der Waals surface area contributed by atoms with Crippen molar-refractivity contribution < 1.29 is 9.84 Å². The Labute approximate surface area is 72.9 Å². The van der Waals surface area contributed by atoms with E-state index in [1.165, 1.54) is 0 Å². The highest BCUT2D eigenvalue weighted by molar-refractivity contribution is 5.27. The number of aliphatic hydroxyl groups is 1. The van der Waals surface area contributed by atoms with E-state index < -0.39 is 5.60 Å². The van der Waals surface area contributed by atoms with Crippen molar-refractivity contribution in [2.24, 2.45) is 0 Å². The lowest BCUT2D eigenvalue weighted by Gasteiger charge is -2.22. The third-order valence-electron chi connectivity index (χ3n) is 1.86. The first kappa shape index (κ1) is 9.07. The summed E-state index contributed by atoms with van der Waals surface area (Å²) in [6.45, 7) is 1.89. The molecule has 0 heterocycles. The molecule has 1 rings (SSSR count). The Morgan fingerprint density at radius 3 is 2.83 bits per heavy atom. The average molecular weight is 166 g/mol. The third-order valence-corrected chi connectivity index (χ3v) is 1.86. The lowest BCUT2D eigenvalue weighted by molar-refractivity contribution is 0.140. The van der Waals surface area contributed by atoms with E-state index in [4.69, 9.17) is 4.74 Å². The van der Waals surface area contributed by atoms with Crippen molar-refractivity contribution in [1.29, 1.82) is 0 Å². The first-order chi connectivity index (χ1) is 5.70. The Morgan fingerprint density at radius 2 is 2.42 bits per heavy atom. The molecule has 0 saturated heterocycles. The Bertz CT molecular complexity index is 238. The lowest BCUT2D eigenvalue weighted by atomic mass is 9.94. The maximum absolute atomic E-state index is 9.81. The number of allylic oxidation sites excluding steroid dienone is 2. The summed E-state index contributed by atoms with van der Waals surface area (Å²) >= 11 is 0. The minimum atomic E-state index is -0.809. The fourth-order valence-electron chi connectivity index (χ4n) is 1.19. The van der Waals surface area contributed by atoms with Crippen LogP contribution in [-0.4, -0.2) is 17.8 Å². The number of hydrogen-bond acceptors (Lipinski definition) is 2. The first-order valence-electron chi connectivity index (χ1n) is 4.00. The molecule has 1 unspecified atom stereocenters. The molecule has 0 fully saturated rings. The second-order valence-electron chi connectivity index (χ2n) is 2.84. The molecule has 2 nitrogen and oxygen atoms in total. The van der Waals surface area contributed by atoms with Crippen LogP contribution in [0.25, 0.3) is 0 Å². The summed E-state index contributed by atoms with van der Waals surface area (Å²) in [6.07, 6.45) is 9.59. The molecular formula is C10H14O2. The molecule has 0 amide bonds. The van der Waals surface area contributed by atoms with Crippen molar-refractivity contribution in [1.82, 2.24) is 0 Å². The van der Waals surface area contributed by atoms with Gasteiger partial charge in [0, 0.05) is 6.42 Å².